The molecule has 5 rings (SSSR count). The zero-order valence-corrected chi connectivity index (χ0v) is 20.2. The summed E-state index contributed by atoms with van der Waals surface area (Å²) in [4.78, 5) is 18.8. The number of rotatable bonds is 4. The molecule has 4 aromatic rings. The summed E-state index contributed by atoms with van der Waals surface area (Å²) in [6.07, 6.45) is 0. The highest BCUT2D eigenvalue weighted by Crippen LogP contribution is 2.36. The van der Waals surface area contributed by atoms with Gasteiger partial charge < -0.3 is 5.32 Å². The quantitative estimate of drug-likeness (QED) is 0.404. The fourth-order valence-corrected chi connectivity index (χ4v) is 5.31. The lowest BCUT2D eigenvalue weighted by molar-refractivity contribution is 0.0949. The lowest BCUT2D eigenvalue weighted by Crippen LogP contribution is -2.24. The molecule has 1 N–H and O–H groups in total. The predicted molar refractivity (Wildman–Crippen MR) is 132 cm³/mol. The number of halogens is 2. The van der Waals surface area contributed by atoms with Gasteiger partial charge in [0.2, 0.25) is 0 Å². The van der Waals surface area contributed by atoms with Crippen LogP contribution in [0.15, 0.2) is 53.5 Å². The van der Waals surface area contributed by atoms with Crippen molar-refractivity contribution in [2.24, 2.45) is 4.99 Å². The van der Waals surface area contributed by atoms with Crippen molar-refractivity contribution in [3.63, 3.8) is 0 Å². The van der Waals surface area contributed by atoms with Crippen LogP contribution in [0.4, 0.5) is 0 Å². The van der Waals surface area contributed by atoms with Gasteiger partial charge in [0.15, 0.2) is 11.6 Å². The van der Waals surface area contributed by atoms with Crippen LogP contribution in [0, 0.1) is 13.8 Å². The number of hydrogen-bond donors (Lipinski definition) is 1. The monoisotopic (exact) mass is 495 g/mol. The van der Waals surface area contributed by atoms with E-state index in [2.05, 4.69) is 41.5 Å². The first-order valence-electron chi connectivity index (χ1n) is 10.3. The number of benzene rings is 2. The van der Waals surface area contributed by atoms with Gasteiger partial charge in [0, 0.05) is 21.6 Å². The highest BCUT2D eigenvalue weighted by molar-refractivity contribution is 7.15. The van der Waals surface area contributed by atoms with Crippen LogP contribution < -0.4 is 5.32 Å². The number of fused-ring (bicyclic) bond motifs is 3. The van der Waals surface area contributed by atoms with E-state index >= 15 is 0 Å². The molecule has 0 saturated carbocycles. The summed E-state index contributed by atoms with van der Waals surface area (Å²) in [5, 5.41) is 13.4. The summed E-state index contributed by atoms with van der Waals surface area (Å²) in [5.41, 5.74) is 4.71. The minimum Gasteiger partial charge on any atom is -0.345 e. The van der Waals surface area contributed by atoms with Gasteiger partial charge in [0.25, 0.3) is 5.91 Å². The molecule has 2 aromatic heterocycles. The summed E-state index contributed by atoms with van der Waals surface area (Å²) in [5.74, 6) is 1.12. The van der Waals surface area contributed by atoms with Gasteiger partial charge in [-0.05, 0) is 37.6 Å². The third-order valence-electron chi connectivity index (χ3n) is 5.62. The standard InChI is InChI=1S/C24H19Cl2N5OS/c1-13-14(2)33-24-21(13)22(15-6-4-3-5-7-15)27-11-19-29-30-20(31(19)24)12-28-23(32)16-8-9-17(25)18(26)10-16/h3-10H,11-12H2,1-2H3,(H,28,32). The molecule has 0 aliphatic carbocycles. The second kappa shape index (κ2) is 8.74. The van der Waals surface area contributed by atoms with Crippen molar-refractivity contribution in [1.29, 1.82) is 0 Å². The Kier molecular flexibility index (Phi) is 5.78. The number of nitrogens with zero attached hydrogens (tertiary/aromatic N) is 4. The molecule has 9 heteroatoms. The highest BCUT2D eigenvalue weighted by Gasteiger charge is 2.27. The molecule has 2 aromatic carbocycles. The van der Waals surface area contributed by atoms with E-state index in [1.807, 2.05) is 22.8 Å². The van der Waals surface area contributed by atoms with E-state index in [0.29, 0.717) is 28.0 Å². The molecule has 0 unspecified atom stereocenters. The van der Waals surface area contributed by atoms with Crippen molar-refractivity contribution < 1.29 is 4.79 Å². The van der Waals surface area contributed by atoms with Crippen LogP contribution >= 0.6 is 34.5 Å². The van der Waals surface area contributed by atoms with Gasteiger partial charge in [0.1, 0.15) is 11.5 Å². The second-order valence-corrected chi connectivity index (χ2v) is 9.69. The van der Waals surface area contributed by atoms with Crippen molar-refractivity contribution in [2.45, 2.75) is 26.9 Å². The SMILES string of the molecule is Cc1sc2c(c1C)C(c1ccccc1)=NCc1nnc(CNC(=O)c3ccc(Cl)c(Cl)c3)n1-2. The van der Waals surface area contributed by atoms with E-state index < -0.39 is 0 Å². The molecular formula is C24H19Cl2N5OS. The topological polar surface area (TPSA) is 72.2 Å². The molecular weight excluding hydrogens is 477 g/mol. The van der Waals surface area contributed by atoms with E-state index in [9.17, 15) is 4.79 Å². The number of aryl methyl sites for hydroxylation is 1. The Bertz CT molecular complexity index is 1410. The number of hydrogen-bond acceptors (Lipinski definition) is 5. The van der Waals surface area contributed by atoms with Crippen molar-refractivity contribution in [3.8, 4) is 5.00 Å². The van der Waals surface area contributed by atoms with Crippen LogP contribution in [-0.4, -0.2) is 26.4 Å². The molecule has 0 saturated heterocycles. The van der Waals surface area contributed by atoms with Crippen LogP contribution in [0.25, 0.3) is 5.00 Å². The third-order valence-corrected chi connectivity index (χ3v) is 7.55. The largest absolute Gasteiger partial charge is 0.345 e. The van der Waals surface area contributed by atoms with Crippen molar-refractivity contribution in [1.82, 2.24) is 20.1 Å². The van der Waals surface area contributed by atoms with Gasteiger partial charge in [-0.1, -0.05) is 53.5 Å². The molecule has 3 heterocycles. The fraction of sp³-hybridized carbons (Fsp3) is 0.167. The maximum atomic E-state index is 12.7. The lowest BCUT2D eigenvalue weighted by atomic mass is 10.00. The molecule has 166 valence electrons. The van der Waals surface area contributed by atoms with E-state index in [1.54, 1.807) is 29.5 Å². The zero-order chi connectivity index (χ0) is 23.1. The first-order valence-corrected chi connectivity index (χ1v) is 11.9. The normalized spacial score (nSPS) is 12.5. The van der Waals surface area contributed by atoms with Crippen molar-refractivity contribution >= 4 is 46.2 Å². The molecule has 1 amide bonds. The van der Waals surface area contributed by atoms with Gasteiger partial charge >= 0.3 is 0 Å². The number of amides is 1. The van der Waals surface area contributed by atoms with Gasteiger partial charge in [0.05, 0.1) is 22.3 Å². The molecule has 1 aliphatic rings. The van der Waals surface area contributed by atoms with Crippen LogP contribution in [0.1, 0.15) is 43.6 Å². The van der Waals surface area contributed by atoms with Gasteiger partial charge in [-0.3, -0.25) is 14.4 Å². The maximum absolute atomic E-state index is 12.7. The van der Waals surface area contributed by atoms with Gasteiger partial charge in [-0.15, -0.1) is 21.5 Å². The third kappa shape index (κ3) is 3.97. The number of carbonyl (C=O) groups is 1. The molecule has 0 bridgehead atoms. The van der Waals surface area contributed by atoms with E-state index in [0.717, 1.165) is 27.7 Å². The van der Waals surface area contributed by atoms with Crippen LogP contribution in [0.3, 0.4) is 0 Å². The van der Waals surface area contributed by atoms with E-state index in [-0.39, 0.29) is 12.5 Å². The van der Waals surface area contributed by atoms with Crippen molar-refractivity contribution in [2.75, 3.05) is 0 Å². The smallest absolute Gasteiger partial charge is 0.251 e. The molecule has 1 aliphatic heterocycles. The van der Waals surface area contributed by atoms with Crippen LogP contribution in [-0.2, 0) is 13.1 Å². The highest BCUT2D eigenvalue weighted by atomic mass is 35.5. The predicted octanol–water partition coefficient (Wildman–Crippen LogP) is 5.53. The van der Waals surface area contributed by atoms with Gasteiger partial charge in [-0.25, -0.2) is 0 Å². The Hall–Kier alpha value is -3.00. The Labute approximate surface area is 204 Å². The lowest BCUT2D eigenvalue weighted by Gasteiger charge is -2.11. The van der Waals surface area contributed by atoms with E-state index in [4.69, 9.17) is 28.2 Å². The molecule has 6 nitrogen and oxygen atoms in total. The average Bonchev–Trinajstić information content (AvgIpc) is 3.30. The van der Waals surface area contributed by atoms with Crippen LogP contribution in [0.5, 0.6) is 0 Å². The Morgan fingerprint density at radius 1 is 1.09 bits per heavy atom. The second-order valence-electron chi connectivity index (χ2n) is 7.67. The minimum absolute atomic E-state index is 0.211. The maximum Gasteiger partial charge on any atom is 0.251 e. The Balaban J connectivity index is 1.50. The average molecular weight is 496 g/mol. The fourth-order valence-electron chi connectivity index (χ4n) is 3.81. The number of aromatic nitrogens is 3. The molecule has 0 spiro atoms. The first-order chi connectivity index (χ1) is 15.9. The van der Waals surface area contributed by atoms with Crippen molar-refractivity contribution in [3.05, 3.63) is 97.4 Å². The Morgan fingerprint density at radius 2 is 1.88 bits per heavy atom. The molecule has 0 atom stereocenters. The summed E-state index contributed by atoms with van der Waals surface area (Å²) in [6.45, 7) is 4.83. The summed E-state index contributed by atoms with van der Waals surface area (Å²) >= 11 is 13.7. The minimum atomic E-state index is -0.264. The molecule has 0 radical (unpaired) electrons. The number of nitrogens with one attached hydrogen (secondary N) is 1. The van der Waals surface area contributed by atoms with E-state index in [1.165, 1.54) is 10.4 Å². The summed E-state index contributed by atoms with van der Waals surface area (Å²) in [6, 6.07) is 15.0. The first kappa shape index (κ1) is 21.8. The zero-order valence-electron chi connectivity index (χ0n) is 17.9. The van der Waals surface area contributed by atoms with Gasteiger partial charge in [-0.2, -0.15) is 0 Å². The Morgan fingerprint density at radius 3 is 2.64 bits per heavy atom. The number of aliphatic imine (C=N–C) groups is 1. The summed E-state index contributed by atoms with van der Waals surface area (Å²) < 4.78 is 2.02. The molecule has 0 fully saturated rings. The molecule has 33 heavy (non-hydrogen) atoms. The number of thiophene rings is 1. The van der Waals surface area contributed by atoms with Crippen LogP contribution in [0.2, 0.25) is 10.0 Å². The summed E-state index contributed by atoms with van der Waals surface area (Å²) in [7, 11) is 0. The number of carbonyl (C=O) groups excluding carboxylic acids is 1.